The molecule has 0 radical (unpaired) electrons. The van der Waals surface area contributed by atoms with Crippen molar-refractivity contribution in [2.45, 2.75) is 13.0 Å². The van der Waals surface area contributed by atoms with Crippen molar-refractivity contribution in [2.75, 3.05) is 31.6 Å². The maximum Gasteiger partial charge on any atom is 0.0476 e. The normalized spacial score (nSPS) is 19.9. The Morgan fingerprint density at radius 3 is 2.94 bits per heavy atom. The van der Waals surface area contributed by atoms with Crippen LogP contribution in [0, 0.1) is 5.92 Å². The fourth-order valence-electron chi connectivity index (χ4n) is 2.28. The van der Waals surface area contributed by atoms with Gasteiger partial charge < -0.3 is 15.3 Å². The van der Waals surface area contributed by atoms with Gasteiger partial charge in [0.2, 0.25) is 0 Å². The molecular weight excluding hydrogens is 280 g/mol. The van der Waals surface area contributed by atoms with Gasteiger partial charge in [0.05, 0.1) is 0 Å². The molecule has 1 aliphatic rings. The van der Waals surface area contributed by atoms with E-state index in [-0.39, 0.29) is 0 Å². The molecule has 0 aliphatic carbocycles. The monoisotopic (exact) mass is 298 g/mol. The van der Waals surface area contributed by atoms with Crippen LogP contribution in [0.25, 0.3) is 0 Å². The number of rotatable bonds is 4. The number of halogens is 1. The summed E-state index contributed by atoms with van der Waals surface area (Å²) in [6.45, 7) is 3.19. The van der Waals surface area contributed by atoms with Crippen molar-refractivity contribution in [2.24, 2.45) is 5.92 Å². The Morgan fingerprint density at radius 2 is 2.35 bits per heavy atom. The summed E-state index contributed by atoms with van der Waals surface area (Å²) in [6, 6.07) is 6.49. The highest BCUT2D eigenvalue weighted by Crippen LogP contribution is 2.28. The smallest absolute Gasteiger partial charge is 0.0476 e. The Balaban J connectivity index is 2.09. The molecule has 0 saturated carbocycles. The second-order valence-electron chi connectivity index (χ2n) is 4.59. The molecule has 4 heteroatoms. The van der Waals surface area contributed by atoms with Gasteiger partial charge >= 0.3 is 0 Å². The molecule has 1 atom stereocenters. The minimum absolute atomic E-state index is 0.301. The first-order valence-electron chi connectivity index (χ1n) is 6.03. The fourth-order valence-corrected chi connectivity index (χ4v) is 2.79. The number of nitrogens with one attached hydrogen (secondary N) is 1. The molecule has 1 aliphatic heterocycles. The van der Waals surface area contributed by atoms with E-state index in [0.717, 1.165) is 30.5 Å². The van der Waals surface area contributed by atoms with E-state index < -0.39 is 0 Å². The zero-order valence-corrected chi connectivity index (χ0v) is 11.7. The standard InChI is InChI=1S/C13H19BrN2O/c1-15-7-11-2-3-12(6-13(11)14)16-5-4-10(8-16)9-17/h2-3,6,10,15,17H,4-5,7-9H2,1H3. The van der Waals surface area contributed by atoms with Crippen molar-refractivity contribution in [1.82, 2.24) is 5.32 Å². The van der Waals surface area contributed by atoms with Crippen LogP contribution in [0.1, 0.15) is 12.0 Å². The molecule has 2 N–H and O–H groups in total. The third-order valence-electron chi connectivity index (χ3n) is 3.31. The van der Waals surface area contributed by atoms with Crippen LogP contribution in [-0.2, 0) is 6.54 Å². The number of benzene rings is 1. The first-order valence-corrected chi connectivity index (χ1v) is 6.82. The molecule has 1 heterocycles. The fraction of sp³-hybridized carbons (Fsp3) is 0.538. The van der Waals surface area contributed by atoms with Crippen molar-refractivity contribution >= 4 is 21.6 Å². The second-order valence-corrected chi connectivity index (χ2v) is 5.44. The lowest BCUT2D eigenvalue weighted by molar-refractivity contribution is 0.238. The van der Waals surface area contributed by atoms with E-state index in [0.29, 0.717) is 12.5 Å². The van der Waals surface area contributed by atoms with Crippen LogP contribution in [0.15, 0.2) is 22.7 Å². The van der Waals surface area contributed by atoms with Gasteiger partial charge in [0.15, 0.2) is 0 Å². The van der Waals surface area contributed by atoms with E-state index in [9.17, 15) is 0 Å². The summed E-state index contributed by atoms with van der Waals surface area (Å²) < 4.78 is 1.15. The quantitative estimate of drug-likeness (QED) is 0.892. The van der Waals surface area contributed by atoms with Gasteiger partial charge in [-0.2, -0.15) is 0 Å². The molecule has 0 spiro atoms. The van der Waals surface area contributed by atoms with Crippen molar-refractivity contribution < 1.29 is 5.11 Å². The minimum Gasteiger partial charge on any atom is -0.396 e. The van der Waals surface area contributed by atoms with Gasteiger partial charge in [-0.1, -0.05) is 22.0 Å². The van der Waals surface area contributed by atoms with Crippen molar-refractivity contribution in [1.29, 1.82) is 0 Å². The molecule has 1 fully saturated rings. The maximum absolute atomic E-state index is 9.16. The number of aliphatic hydroxyl groups excluding tert-OH is 1. The highest BCUT2D eigenvalue weighted by atomic mass is 79.9. The lowest BCUT2D eigenvalue weighted by Crippen LogP contribution is -2.20. The molecule has 3 nitrogen and oxygen atoms in total. The van der Waals surface area contributed by atoms with Crippen LogP contribution >= 0.6 is 15.9 Å². The minimum atomic E-state index is 0.301. The number of anilines is 1. The third kappa shape index (κ3) is 3.00. The van der Waals surface area contributed by atoms with E-state index in [4.69, 9.17) is 5.11 Å². The predicted octanol–water partition coefficient (Wildman–Crippen LogP) is 1.99. The predicted molar refractivity (Wildman–Crippen MR) is 74.3 cm³/mol. The zero-order chi connectivity index (χ0) is 12.3. The number of nitrogens with zero attached hydrogens (tertiary/aromatic N) is 1. The van der Waals surface area contributed by atoms with Gasteiger partial charge in [-0.15, -0.1) is 0 Å². The summed E-state index contributed by atoms with van der Waals surface area (Å²) >= 11 is 3.61. The molecule has 17 heavy (non-hydrogen) atoms. The zero-order valence-electron chi connectivity index (χ0n) is 10.1. The topological polar surface area (TPSA) is 35.5 Å². The van der Waals surface area contributed by atoms with Crippen LogP contribution in [0.3, 0.4) is 0 Å². The van der Waals surface area contributed by atoms with Gasteiger partial charge in [-0.25, -0.2) is 0 Å². The van der Waals surface area contributed by atoms with E-state index >= 15 is 0 Å². The average molecular weight is 299 g/mol. The first kappa shape index (κ1) is 12.9. The van der Waals surface area contributed by atoms with Crippen molar-refractivity contribution in [3.05, 3.63) is 28.2 Å². The molecule has 1 unspecified atom stereocenters. The summed E-state index contributed by atoms with van der Waals surface area (Å²) in [5, 5.41) is 12.3. The second kappa shape index (κ2) is 5.85. The summed E-state index contributed by atoms with van der Waals surface area (Å²) in [5.74, 6) is 0.436. The van der Waals surface area contributed by atoms with Gasteiger partial charge in [0.1, 0.15) is 0 Å². The Morgan fingerprint density at radius 1 is 1.53 bits per heavy atom. The van der Waals surface area contributed by atoms with E-state index in [1.165, 1.54) is 11.3 Å². The largest absolute Gasteiger partial charge is 0.396 e. The SMILES string of the molecule is CNCc1ccc(N2CCC(CO)C2)cc1Br. The van der Waals surface area contributed by atoms with Crippen molar-refractivity contribution in [3.8, 4) is 0 Å². The summed E-state index contributed by atoms with van der Waals surface area (Å²) in [7, 11) is 1.95. The Bertz CT molecular complexity index is 384. The first-order chi connectivity index (χ1) is 8.24. The molecule has 1 saturated heterocycles. The molecule has 0 bridgehead atoms. The van der Waals surface area contributed by atoms with Gasteiger partial charge in [0.25, 0.3) is 0 Å². The average Bonchev–Trinajstić information content (AvgIpc) is 2.80. The van der Waals surface area contributed by atoms with Crippen LogP contribution in [0.2, 0.25) is 0 Å². The van der Waals surface area contributed by atoms with Gasteiger partial charge in [-0.05, 0) is 31.2 Å². The number of aliphatic hydroxyl groups is 1. The highest BCUT2D eigenvalue weighted by molar-refractivity contribution is 9.10. The van der Waals surface area contributed by atoms with Crippen LogP contribution in [0.4, 0.5) is 5.69 Å². The van der Waals surface area contributed by atoms with Crippen LogP contribution in [-0.4, -0.2) is 31.9 Å². The van der Waals surface area contributed by atoms with Gasteiger partial charge in [-0.3, -0.25) is 0 Å². The molecule has 94 valence electrons. The molecule has 2 rings (SSSR count). The lowest BCUT2D eigenvalue weighted by Gasteiger charge is -2.19. The highest BCUT2D eigenvalue weighted by Gasteiger charge is 2.22. The number of hydrogen-bond acceptors (Lipinski definition) is 3. The lowest BCUT2D eigenvalue weighted by atomic mass is 10.1. The Labute approximate surface area is 111 Å². The third-order valence-corrected chi connectivity index (χ3v) is 4.05. The molecule has 0 aromatic heterocycles. The molecular formula is C13H19BrN2O. The molecule has 0 amide bonds. The van der Waals surface area contributed by atoms with Crippen LogP contribution < -0.4 is 10.2 Å². The molecule has 1 aromatic rings. The maximum atomic E-state index is 9.16. The Hall–Kier alpha value is -0.580. The Kier molecular flexibility index (Phi) is 4.42. The van der Waals surface area contributed by atoms with E-state index in [1.54, 1.807) is 0 Å². The van der Waals surface area contributed by atoms with E-state index in [2.05, 4.69) is 44.3 Å². The summed E-state index contributed by atoms with van der Waals surface area (Å²) in [6.07, 6.45) is 1.09. The molecule has 1 aromatic carbocycles. The summed E-state index contributed by atoms with van der Waals surface area (Å²) in [5.41, 5.74) is 2.52. The summed E-state index contributed by atoms with van der Waals surface area (Å²) in [4.78, 5) is 2.34. The van der Waals surface area contributed by atoms with E-state index in [1.807, 2.05) is 7.05 Å². The van der Waals surface area contributed by atoms with Crippen LogP contribution in [0.5, 0.6) is 0 Å². The number of hydrogen-bond donors (Lipinski definition) is 2. The van der Waals surface area contributed by atoms with Crippen molar-refractivity contribution in [3.63, 3.8) is 0 Å². The van der Waals surface area contributed by atoms with Gasteiger partial charge in [0, 0.05) is 42.3 Å².